The lowest BCUT2D eigenvalue weighted by Gasteiger charge is -2.36. The molecule has 1 N–H and O–H groups in total. The minimum atomic E-state index is -0.0626. The van der Waals surface area contributed by atoms with Crippen LogP contribution in [0.3, 0.4) is 0 Å². The molecule has 3 saturated heterocycles. The lowest BCUT2D eigenvalue weighted by atomic mass is 9.89. The summed E-state index contributed by atoms with van der Waals surface area (Å²) in [7, 11) is 0. The lowest BCUT2D eigenvalue weighted by Crippen LogP contribution is -2.46. The number of nitrogens with zero attached hydrogens (tertiary/aromatic N) is 3. The number of amides is 2. The highest BCUT2D eigenvalue weighted by molar-refractivity contribution is 5.86. The number of allylic oxidation sites excluding steroid dienone is 1. The fraction of sp³-hybridized carbons (Fsp3) is 0.615. The van der Waals surface area contributed by atoms with Gasteiger partial charge in [0.2, 0.25) is 12.3 Å². The van der Waals surface area contributed by atoms with Crippen LogP contribution in [0.25, 0.3) is 0 Å². The van der Waals surface area contributed by atoms with Gasteiger partial charge in [-0.2, -0.15) is 0 Å². The fourth-order valence-electron chi connectivity index (χ4n) is 5.37. The second-order valence-electron chi connectivity index (χ2n) is 9.69. The molecule has 1 aromatic carbocycles. The zero-order valence-electron chi connectivity index (χ0n) is 19.3. The quantitative estimate of drug-likeness (QED) is 0.500. The third-order valence-corrected chi connectivity index (χ3v) is 7.50. The third kappa shape index (κ3) is 5.91. The van der Waals surface area contributed by atoms with Gasteiger partial charge in [-0.3, -0.25) is 14.5 Å². The molecule has 32 heavy (non-hydrogen) atoms. The van der Waals surface area contributed by atoms with E-state index in [0.717, 1.165) is 75.7 Å². The first kappa shape index (κ1) is 22.8. The molecule has 3 heterocycles. The molecule has 0 aromatic heterocycles. The van der Waals surface area contributed by atoms with E-state index in [2.05, 4.69) is 46.0 Å². The predicted molar refractivity (Wildman–Crippen MR) is 129 cm³/mol. The Labute approximate surface area is 192 Å². The van der Waals surface area contributed by atoms with Gasteiger partial charge in [-0.1, -0.05) is 31.6 Å². The van der Waals surface area contributed by atoms with Crippen molar-refractivity contribution in [2.24, 2.45) is 5.92 Å². The maximum atomic E-state index is 12.4. The number of anilines is 1. The van der Waals surface area contributed by atoms with Crippen molar-refractivity contribution in [2.45, 2.75) is 50.9 Å². The minimum absolute atomic E-state index is 0.0626. The number of piperazine rings is 1. The molecule has 4 rings (SSSR count). The van der Waals surface area contributed by atoms with Crippen molar-refractivity contribution < 1.29 is 9.59 Å². The van der Waals surface area contributed by atoms with Gasteiger partial charge in [0.1, 0.15) is 0 Å². The monoisotopic (exact) mass is 438 g/mol. The Bertz CT molecular complexity index is 795. The summed E-state index contributed by atoms with van der Waals surface area (Å²) < 4.78 is 0. The van der Waals surface area contributed by atoms with Crippen LogP contribution in [0, 0.1) is 5.92 Å². The van der Waals surface area contributed by atoms with Gasteiger partial charge < -0.3 is 15.1 Å². The van der Waals surface area contributed by atoms with E-state index in [-0.39, 0.29) is 11.8 Å². The van der Waals surface area contributed by atoms with Gasteiger partial charge in [0.25, 0.3) is 0 Å². The third-order valence-electron chi connectivity index (χ3n) is 7.50. The van der Waals surface area contributed by atoms with Crippen LogP contribution in [-0.2, 0) is 9.59 Å². The summed E-state index contributed by atoms with van der Waals surface area (Å²) in [5.74, 6) is 0.824. The molecule has 1 aromatic rings. The number of nitrogens with one attached hydrogen (secondary N) is 1. The Balaban J connectivity index is 1.18. The van der Waals surface area contributed by atoms with E-state index in [1.165, 1.54) is 44.3 Å². The smallest absolute Gasteiger partial charge is 0.231 e. The van der Waals surface area contributed by atoms with Crippen molar-refractivity contribution in [3.05, 3.63) is 42.1 Å². The van der Waals surface area contributed by atoms with Crippen LogP contribution in [0.2, 0.25) is 0 Å². The molecule has 174 valence electrons. The molecule has 6 nitrogen and oxygen atoms in total. The molecule has 3 fully saturated rings. The largest absolute Gasteiger partial charge is 0.369 e. The lowest BCUT2D eigenvalue weighted by molar-refractivity contribution is -0.123. The second-order valence-corrected chi connectivity index (χ2v) is 9.69. The minimum Gasteiger partial charge on any atom is -0.369 e. The number of benzene rings is 1. The Hall–Kier alpha value is -2.34. The number of rotatable bonds is 8. The summed E-state index contributed by atoms with van der Waals surface area (Å²) >= 11 is 0. The average Bonchev–Trinajstić information content (AvgIpc) is 2.83. The highest BCUT2D eigenvalue weighted by Crippen LogP contribution is 2.30. The number of carbonyl (C=O) groups is 2. The van der Waals surface area contributed by atoms with Gasteiger partial charge in [0.15, 0.2) is 0 Å². The van der Waals surface area contributed by atoms with Crippen LogP contribution in [0.15, 0.2) is 36.5 Å². The van der Waals surface area contributed by atoms with Gasteiger partial charge in [-0.15, -0.1) is 0 Å². The van der Waals surface area contributed by atoms with Crippen LogP contribution in [0.1, 0.15) is 56.4 Å². The van der Waals surface area contributed by atoms with Crippen LogP contribution >= 0.6 is 0 Å². The molecule has 3 aliphatic rings. The summed E-state index contributed by atoms with van der Waals surface area (Å²) in [5.41, 5.74) is 3.19. The zero-order valence-corrected chi connectivity index (χ0v) is 19.3. The number of hydrogen-bond donors (Lipinski definition) is 1. The number of likely N-dealkylation sites (tertiary alicyclic amines) is 1. The molecular formula is C26H38N4O2. The van der Waals surface area contributed by atoms with Crippen molar-refractivity contribution in [1.29, 1.82) is 0 Å². The molecule has 1 atom stereocenters. The van der Waals surface area contributed by atoms with E-state index in [0.29, 0.717) is 0 Å². The van der Waals surface area contributed by atoms with Crippen LogP contribution in [0.4, 0.5) is 5.69 Å². The topological polar surface area (TPSA) is 55.9 Å². The van der Waals surface area contributed by atoms with Gasteiger partial charge in [0.05, 0.1) is 5.92 Å². The molecule has 3 aliphatic heterocycles. The van der Waals surface area contributed by atoms with Gasteiger partial charge in [-0.25, -0.2) is 0 Å². The summed E-state index contributed by atoms with van der Waals surface area (Å²) in [6, 6.07) is 8.56. The summed E-state index contributed by atoms with van der Waals surface area (Å²) in [6.07, 6.45) is 8.92. The fourth-order valence-corrected chi connectivity index (χ4v) is 5.37. The van der Waals surface area contributed by atoms with Crippen molar-refractivity contribution in [2.75, 3.05) is 50.7 Å². The van der Waals surface area contributed by atoms with Crippen molar-refractivity contribution in [3.63, 3.8) is 0 Å². The first-order valence-electron chi connectivity index (χ1n) is 12.4. The SMILES string of the molecule is C=C1CCC(c2cccc(N3CCN(CCCCC4CCN(C=O)CC4)CC3)c2)C(=O)N1. The molecule has 0 radical (unpaired) electrons. The second kappa shape index (κ2) is 11.0. The average molecular weight is 439 g/mol. The van der Waals surface area contributed by atoms with Crippen LogP contribution in [-0.4, -0.2) is 67.9 Å². The molecule has 0 aliphatic carbocycles. The van der Waals surface area contributed by atoms with E-state index >= 15 is 0 Å². The number of carbonyl (C=O) groups excluding carboxylic acids is 2. The van der Waals surface area contributed by atoms with Crippen LogP contribution in [0.5, 0.6) is 0 Å². The summed E-state index contributed by atoms with van der Waals surface area (Å²) in [6.45, 7) is 11.3. The van der Waals surface area contributed by atoms with Crippen molar-refractivity contribution in [3.8, 4) is 0 Å². The predicted octanol–water partition coefficient (Wildman–Crippen LogP) is 3.35. The molecule has 6 heteroatoms. The van der Waals surface area contributed by atoms with Gasteiger partial charge in [-0.05, 0) is 62.3 Å². The number of unbranched alkanes of at least 4 members (excludes halogenated alkanes) is 1. The van der Waals surface area contributed by atoms with E-state index in [1.54, 1.807) is 0 Å². The van der Waals surface area contributed by atoms with E-state index in [1.807, 2.05) is 4.90 Å². The summed E-state index contributed by atoms with van der Waals surface area (Å²) in [5, 5.41) is 2.91. The number of hydrogen-bond acceptors (Lipinski definition) is 4. The van der Waals surface area contributed by atoms with Gasteiger partial charge in [0, 0.05) is 50.7 Å². The first-order chi connectivity index (χ1) is 15.6. The Morgan fingerprint density at radius 1 is 1.03 bits per heavy atom. The molecule has 0 bridgehead atoms. The normalized spacial score (nSPS) is 23.3. The zero-order chi connectivity index (χ0) is 22.3. The maximum absolute atomic E-state index is 12.4. The summed E-state index contributed by atoms with van der Waals surface area (Å²) in [4.78, 5) is 30.2. The Morgan fingerprint density at radius 2 is 1.81 bits per heavy atom. The molecule has 0 spiro atoms. The highest BCUT2D eigenvalue weighted by Gasteiger charge is 2.26. The number of piperidine rings is 2. The molecular weight excluding hydrogens is 400 g/mol. The molecule has 1 unspecified atom stereocenters. The first-order valence-corrected chi connectivity index (χ1v) is 12.4. The van der Waals surface area contributed by atoms with Crippen LogP contribution < -0.4 is 10.2 Å². The van der Waals surface area contributed by atoms with E-state index < -0.39 is 0 Å². The van der Waals surface area contributed by atoms with Crippen molar-refractivity contribution >= 4 is 18.0 Å². The van der Waals surface area contributed by atoms with Crippen molar-refractivity contribution in [1.82, 2.24) is 15.1 Å². The Kier molecular flexibility index (Phi) is 7.85. The van der Waals surface area contributed by atoms with Gasteiger partial charge >= 0.3 is 0 Å². The standard InChI is InChI=1S/C26H38N4O2/c1-21-8-9-25(26(32)27-21)23-6-4-7-24(19-23)30-17-15-28(16-18-30)12-3-2-5-22-10-13-29(20-31)14-11-22/h4,6-7,19-20,22,25H,1-3,5,8-18H2,(H,27,32). The Morgan fingerprint density at radius 3 is 2.53 bits per heavy atom. The maximum Gasteiger partial charge on any atom is 0.231 e. The molecule has 2 amide bonds. The van der Waals surface area contributed by atoms with E-state index in [4.69, 9.17) is 0 Å². The van der Waals surface area contributed by atoms with E-state index in [9.17, 15) is 9.59 Å². The molecule has 0 saturated carbocycles. The highest BCUT2D eigenvalue weighted by atomic mass is 16.2.